The molecule has 0 heterocycles. The minimum atomic E-state index is -2.39. The van der Waals surface area contributed by atoms with Crippen LogP contribution in [0.15, 0.2) is 51.8 Å². The van der Waals surface area contributed by atoms with Gasteiger partial charge in [-0.25, -0.2) is 0 Å². The Morgan fingerprint density at radius 1 is 1.15 bits per heavy atom. The highest BCUT2D eigenvalue weighted by Gasteiger charge is 2.05. The molecule has 0 atom stereocenters. The second kappa shape index (κ2) is 7.29. The van der Waals surface area contributed by atoms with Crippen molar-refractivity contribution in [2.75, 3.05) is 5.32 Å². The number of halogens is 4. The highest BCUT2D eigenvalue weighted by Crippen LogP contribution is 2.27. The van der Waals surface area contributed by atoms with Crippen molar-refractivity contribution >= 4 is 45.0 Å². The number of thioether (sulfide) groups is 1. The summed E-state index contributed by atoms with van der Waals surface area (Å²) in [5.41, 5.74) is 1.92. The van der Waals surface area contributed by atoms with E-state index in [0.29, 0.717) is 28.2 Å². The lowest BCUT2D eigenvalue weighted by molar-refractivity contribution is 0.252. The van der Waals surface area contributed by atoms with Gasteiger partial charge in [0.2, 0.25) is 0 Å². The van der Waals surface area contributed by atoms with Crippen LogP contribution in [0.4, 0.5) is 14.5 Å². The third kappa shape index (κ3) is 4.65. The first-order valence-electron chi connectivity index (χ1n) is 5.77. The van der Waals surface area contributed by atoms with Crippen LogP contribution >= 0.6 is 39.3 Å². The Bertz CT molecular complexity index is 578. The maximum Gasteiger partial charge on any atom is 0.288 e. The van der Waals surface area contributed by atoms with Gasteiger partial charge in [-0.15, -0.1) is 0 Å². The van der Waals surface area contributed by atoms with Crippen LogP contribution in [0, 0.1) is 0 Å². The maximum atomic E-state index is 12.2. The van der Waals surface area contributed by atoms with E-state index in [9.17, 15) is 8.78 Å². The van der Waals surface area contributed by atoms with Crippen LogP contribution in [0.5, 0.6) is 0 Å². The molecule has 0 unspecified atom stereocenters. The molecule has 2 aromatic carbocycles. The van der Waals surface area contributed by atoms with Gasteiger partial charge in [-0.05, 0) is 57.9 Å². The Morgan fingerprint density at radius 2 is 1.85 bits per heavy atom. The van der Waals surface area contributed by atoms with Crippen molar-refractivity contribution in [3.05, 3.63) is 57.5 Å². The molecule has 0 bridgehead atoms. The number of hydrogen-bond acceptors (Lipinski definition) is 2. The first-order valence-corrected chi connectivity index (χ1v) is 7.82. The summed E-state index contributed by atoms with van der Waals surface area (Å²) in [6.07, 6.45) is 0. The summed E-state index contributed by atoms with van der Waals surface area (Å²) in [5, 5.41) is 3.88. The number of alkyl halides is 2. The van der Waals surface area contributed by atoms with E-state index >= 15 is 0 Å². The summed E-state index contributed by atoms with van der Waals surface area (Å²) >= 11 is 9.89. The van der Waals surface area contributed by atoms with Gasteiger partial charge in [0, 0.05) is 21.6 Å². The van der Waals surface area contributed by atoms with Crippen LogP contribution in [0.1, 0.15) is 5.56 Å². The summed E-state index contributed by atoms with van der Waals surface area (Å²) in [6, 6.07) is 12.6. The van der Waals surface area contributed by atoms with Crippen LogP contribution in [-0.4, -0.2) is 5.76 Å². The molecule has 106 valence electrons. The van der Waals surface area contributed by atoms with Gasteiger partial charge >= 0.3 is 0 Å². The third-order valence-electron chi connectivity index (χ3n) is 2.56. The van der Waals surface area contributed by atoms with Crippen molar-refractivity contribution in [2.45, 2.75) is 17.2 Å². The molecule has 0 fully saturated rings. The Labute approximate surface area is 133 Å². The second-order valence-electron chi connectivity index (χ2n) is 4.00. The van der Waals surface area contributed by atoms with Gasteiger partial charge in [-0.1, -0.05) is 29.4 Å². The quantitative estimate of drug-likeness (QED) is 0.638. The average molecular weight is 379 g/mol. The fraction of sp³-hybridized carbons (Fsp3) is 0.143. The maximum absolute atomic E-state index is 12.2. The largest absolute Gasteiger partial charge is 0.381 e. The standard InChI is InChI=1S/C14H11BrClF2NS/c15-12-6-1-9(7-13(12)16)8-19-10-2-4-11(5-3-10)20-14(17)18/h1-7,14,19H,8H2. The van der Waals surface area contributed by atoms with Gasteiger partial charge < -0.3 is 5.32 Å². The lowest BCUT2D eigenvalue weighted by Crippen LogP contribution is -1.99. The molecule has 0 spiro atoms. The summed E-state index contributed by atoms with van der Waals surface area (Å²) in [5.74, 6) is -2.39. The number of rotatable bonds is 5. The molecule has 20 heavy (non-hydrogen) atoms. The Hall–Kier alpha value is -0.780. The second-order valence-corrected chi connectivity index (χ2v) is 6.33. The predicted molar refractivity (Wildman–Crippen MR) is 84.8 cm³/mol. The van der Waals surface area contributed by atoms with Crippen molar-refractivity contribution in [3.8, 4) is 0 Å². The number of hydrogen-bond donors (Lipinski definition) is 1. The molecule has 0 aromatic heterocycles. The van der Waals surface area contributed by atoms with E-state index in [0.717, 1.165) is 15.7 Å². The monoisotopic (exact) mass is 377 g/mol. The predicted octanol–water partition coefficient (Wildman–Crippen LogP) is 6.03. The van der Waals surface area contributed by atoms with E-state index in [1.54, 1.807) is 24.3 Å². The zero-order valence-electron chi connectivity index (χ0n) is 10.2. The molecule has 0 amide bonds. The third-order valence-corrected chi connectivity index (χ3v) is 4.52. The first-order chi connectivity index (χ1) is 9.54. The molecule has 1 nitrogen and oxygen atoms in total. The molecule has 2 rings (SSSR count). The van der Waals surface area contributed by atoms with Gasteiger partial charge in [0.1, 0.15) is 0 Å². The first kappa shape index (κ1) is 15.6. The summed E-state index contributed by atoms with van der Waals surface area (Å²) < 4.78 is 25.2. The van der Waals surface area contributed by atoms with E-state index in [1.807, 2.05) is 18.2 Å². The van der Waals surface area contributed by atoms with Crippen LogP contribution in [0.25, 0.3) is 0 Å². The van der Waals surface area contributed by atoms with Gasteiger partial charge in [0.05, 0.1) is 5.02 Å². The van der Waals surface area contributed by atoms with Gasteiger partial charge in [-0.2, -0.15) is 8.78 Å². The van der Waals surface area contributed by atoms with Gasteiger partial charge in [0.25, 0.3) is 5.76 Å². The molecule has 0 saturated carbocycles. The van der Waals surface area contributed by atoms with E-state index in [2.05, 4.69) is 21.2 Å². The molecule has 0 saturated heterocycles. The average Bonchev–Trinajstić information content (AvgIpc) is 2.41. The fourth-order valence-electron chi connectivity index (χ4n) is 1.61. The highest BCUT2D eigenvalue weighted by molar-refractivity contribution is 9.10. The van der Waals surface area contributed by atoms with Crippen LogP contribution < -0.4 is 5.32 Å². The lowest BCUT2D eigenvalue weighted by atomic mass is 10.2. The molecule has 1 N–H and O–H groups in total. The van der Waals surface area contributed by atoms with E-state index in [1.165, 1.54) is 0 Å². The Morgan fingerprint density at radius 3 is 2.45 bits per heavy atom. The van der Waals surface area contributed by atoms with Crippen LogP contribution in [-0.2, 0) is 6.54 Å². The molecule has 0 aliphatic carbocycles. The summed E-state index contributed by atoms with van der Waals surface area (Å²) in [7, 11) is 0. The zero-order chi connectivity index (χ0) is 14.5. The number of anilines is 1. The fourth-order valence-corrected chi connectivity index (χ4v) is 2.56. The molecule has 0 aliphatic rings. The Kier molecular flexibility index (Phi) is 5.69. The molecule has 6 heteroatoms. The van der Waals surface area contributed by atoms with Crippen LogP contribution in [0.3, 0.4) is 0 Å². The van der Waals surface area contributed by atoms with Gasteiger partial charge in [-0.3, -0.25) is 0 Å². The van der Waals surface area contributed by atoms with E-state index in [-0.39, 0.29) is 0 Å². The molecule has 2 aromatic rings. The topological polar surface area (TPSA) is 12.0 Å². The van der Waals surface area contributed by atoms with E-state index < -0.39 is 5.76 Å². The zero-order valence-corrected chi connectivity index (χ0v) is 13.4. The van der Waals surface area contributed by atoms with Crippen molar-refractivity contribution < 1.29 is 8.78 Å². The Balaban J connectivity index is 1.95. The van der Waals surface area contributed by atoms with Gasteiger partial charge in [0.15, 0.2) is 0 Å². The van der Waals surface area contributed by atoms with Crippen molar-refractivity contribution in [2.24, 2.45) is 0 Å². The molecule has 0 radical (unpaired) electrons. The molecular weight excluding hydrogens is 368 g/mol. The SMILES string of the molecule is FC(F)Sc1ccc(NCc2ccc(Br)c(Cl)c2)cc1. The number of benzene rings is 2. The molecule has 0 aliphatic heterocycles. The normalized spacial score (nSPS) is 10.8. The van der Waals surface area contributed by atoms with Crippen molar-refractivity contribution in [3.63, 3.8) is 0 Å². The summed E-state index contributed by atoms with van der Waals surface area (Å²) in [6.45, 7) is 0.619. The smallest absolute Gasteiger partial charge is 0.288 e. The van der Waals surface area contributed by atoms with Crippen LogP contribution in [0.2, 0.25) is 5.02 Å². The lowest BCUT2D eigenvalue weighted by Gasteiger charge is -2.08. The number of nitrogens with one attached hydrogen (secondary N) is 1. The van der Waals surface area contributed by atoms with Crippen molar-refractivity contribution in [1.29, 1.82) is 0 Å². The summed E-state index contributed by atoms with van der Waals surface area (Å²) in [4.78, 5) is 0.553. The minimum Gasteiger partial charge on any atom is -0.381 e. The van der Waals surface area contributed by atoms with Crippen molar-refractivity contribution in [1.82, 2.24) is 0 Å². The minimum absolute atomic E-state index is 0.541. The molecular formula is C14H11BrClF2NS. The van der Waals surface area contributed by atoms with E-state index in [4.69, 9.17) is 11.6 Å². The highest BCUT2D eigenvalue weighted by atomic mass is 79.9.